The summed E-state index contributed by atoms with van der Waals surface area (Å²) in [7, 11) is 0. The quantitative estimate of drug-likeness (QED) is 0.240. The van der Waals surface area contributed by atoms with Gasteiger partial charge < -0.3 is 25.6 Å². The molecule has 198 valence electrons. The number of hydrogen-bond acceptors (Lipinski definition) is 5. The number of carbonyl (C=O) groups excluding carboxylic acids is 2. The van der Waals surface area contributed by atoms with Crippen molar-refractivity contribution in [3.8, 4) is 5.75 Å². The molecule has 0 aliphatic heterocycles. The van der Waals surface area contributed by atoms with Crippen LogP contribution in [-0.4, -0.2) is 53.2 Å². The summed E-state index contributed by atoms with van der Waals surface area (Å²) in [5, 5.41) is 24.0. The van der Waals surface area contributed by atoms with Crippen molar-refractivity contribution >= 4 is 23.8 Å². The highest BCUT2D eigenvalue weighted by Crippen LogP contribution is 2.21. The van der Waals surface area contributed by atoms with Crippen LogP contribution >= 0.6 is 0 Å². The third-order valence-corrected chi connectivity index (χ3v) is 5.76. The zero-order valence-corrected chi connectivity index (χ0v) is 20.8. The molecule has 38 heavy (non-hydrogen) atoms. The SMILES string of the molecule is O=C(O)COc1ccc(C[C@H](NC(=O)c2ccccc2)C(=O)NCCCCc2ccccc2)cc1C(=O)O. The Hall–Kier alpha value is -4.66. The van der Waals surface area contributed by atoms with Crippen molar-refractivity contribution in [1.82, 2.24) is 10.6 Å². The molecule has 0 bridgehead atoms. The second-order valence-electron chi connectivity index (χ2n) is 8.65. The van der Waals surface area contributed by atoms with Crippen molar-refractivity contribution in [2.75, 3.05) is 13.2 Å². The van der Waals surface area contributed by atoms with Crippen LogP contribution in [0.1, 0.15) is 44.7 Å². The van der Waals surface area contributed by atoms with E-state index >= 15 is 0 Å². The molecule has 0 aromatic heterocycles. The molecule has 0 aliphatic rings. The maximum absolute atomic E-state index is 13.1. The maximum Gasteiger partial charge on any atom is 0.341 e. The lowest BCUT2D eigenvalue weighted by Crippen LogP contribution is -2.48. The molecule has 0 unspecified atom stereocenters. The average molecular weight is 519 g/mol. The normalized spacial score (nSPS) is 11.3. The van der Waals surface area contributed by atoms with Gasteiger partial charge in [-0.2, -0.15) is 0 Å². The number of hydrogen-bond donors (Lipinski definition) is 4. The number of aromatic carboxylic acids is 1. The summed E-state index contributed by atoms with van der Waals surface area (Å²) in [6.45, 7) is -0.270. The molecule has 9 nitrogen and oxygen atoms in total. The number of aliphatic carboxylic acids is 1. The molecule has 9 heteroatoms. The molecule has 0 heterocycles. The minimum atomic E-state index is -1.31. The fourth-order valence-electron chi connectivity index (χ4n) is 3.85. The van der Waals surface area contributed by atoms with Gasteiger partial charge in [-0.1, -0.05) is 54.6 Å². The zero-order chi connectivity index (χ0) is 27.3. The summed E-state index contributed by atoms with van der Waals surface area (Å²) in [5.74, 6) is -3.47. The number of amides is 2. The molecule has 1 atom stereocenters. The van der Waals surface area contributed by atoms with Crippen molar-refractivity contribution in [3.05, 3.63) is 101 Å². The summed E-state index contributed by atoms with van der Waals surface area (Å²) in [4.78, 5) is 48.4. The van der Waals surface area contributed by atoms with E-state index in [1.165, 1.54) is 17.7 Å². The number of carboxylic acids is 2. The highest BCUT2D eigenvalue weighted by Gasteiger charge is 2.23. The van der Waals surface area contributed by atoms with Crippen molar-refractivity contribution in [2.24, 2.45) is 0 Å². The fourth-order valence-corrected chi connectivity index (χ4v) is 3.85. The Labute approximate surface area is 220 Å². The van der Waals surface area contributed by atoms with Gasteiger partial charge in [0.1, 0.15) is 17.4 Å². The van der Waals surface area contributed by atoms with Gasteiger partial charge >= 0.3 is 11.9 Å². The molecule has 0 radical (unpaired) electrons. The summed E-state index contributed by atoms with van der Waals surface area (Å²) in [6.07, 6.45) is 2.54. The van der Waals surface area contributed by atoms with Crippen LogP contribution in [0.2, 0.25) is 0 Å². The molecule has 0 saturated heterocycles. The second kappa shape index (κ2) is 14.2. The summed E-state index contributed by atoms with van der Waals surface area (Å²) in [5.41, 5.74) is 1.83. The van der Waals surface area contributed by atoms with E-state index in [4.69, 9.17) is 9.84 Å². The van der Waals surface area contributed by atoms with Gasteiger partial charge in [-0.15, -0.1) is 0 Å². The van der Waals surface area contributed by atoms with Gasteiger partial charge in [-0.05, 0) is 54.7 Å². The molecule has 0 saturated carbocycles. The summed E-state index contributed by atoms with van der Waals surface area (Å²) in [6, 6.07) is 21.7. The standard InChI is InChI=1S/C29H30N2O7/c32-26(33)19-38-25-15-14-21(17-23(25)29(36)37)18-24(31-27(34)22-12-5-2-6-13-22)28(35)30-16-8-7-11-20-9-3-1-4-10-20/h1-6,9-10,12-15,17,24H,7-8,11,16,18-19H2,(H,30,35)(H,31,34)(H,32,33)(H,36,37)/t24-/m0/s1. The Morgan fingerprint density at radius 2 is 1.50 bits per heavy atom. The molecule has 3 rings (SSSR count). The minimum absolute atomic E-state index is 0.0217. The molecule has 0 aliphatic carbocycles. The Morgan fingerprint density at radius 3 is 2.16 bits per heavy atom. The fraction of sp³-hybridized carbons (Fsp3) is 0.241. The zero-order valence-electron chi connectivity index (χ0n) is 20.8. The number of ether oxygens (including phenoxy) is 1. The first-order valence-electron chi connectivity index (χ1n) is 12.2. The molecule has 2 amide bonds. The second-order valence-corrected chi connectivity index (χ2v) is 8.65. The van der Waals surface area contributed by atoms with E-state index in [1.807, 2.05) is 18.2 Å². The first-order valence-corrected chi connectivity index (χ1v) is 12.2. The summed E-state index contributed by atoms with van der Waals surface area (Å²) >= 11 is 0. The van der Waals surface area contributed by atoms with Crippen LogP contribution in [0.5, 0.6) is 5.75 Å². The molecular weight excluding hydrogens is 488 g/mol. The van der Waals surface area contributed by atoms with E-state index in [2.05, 4.69) is 22.8 Å². The van der Waals surface area contributed by atoms with E-state index in [0.717, 1.165) is 19.3 Å². The first-order chi connectivity index (χ1) is 18.3. The lowest BCUT2D eigenvalue weighted by molar-refractivity contribution is -0.139. The Bertz CT molecular complexity index is 1250. The highest BCUT2D eigenvalue weighted by atomic mass is 16.5. The first kappa shape index (κ1) is 27.9. The molecule has 0 fully saturated rings. The van der Waals surface area contributed by atoms with Gasteiger partial charge in [0.05, 0.1) is 0 Å². The Balaban J connectivity index is 1.69. The van der Waals surface area contributed by atoms with Gasteiger partial charge in [0.15, 0.2) is 6.61 Å². The van der Waals surface area contributed by atoms with Crippen molar-refractivity contribution in [1.29, 1.82) is 0 Å². The third kappa shape index (κ3) is 8.77. The van der Waals surface area contributed by atoms with Crippen LogP contribution < -0.4 is 15.4 Å². The highest BCUT2D eigenvalue weighted by molar-refractivity contribution is 5.97. The third-order valence-electron chi connectivity index (χ3n) is 5.76. The van der Waals surface area contributed by atoms with E-state index in [-0.39, 0.29) is 17.7 Å². The van der Waals surface area contributed by atoms with Crippen molar-refractivity contribution < 1.29 is 34.1 Å². The van der Waals surface area contributed by atoms with Gasteiger partial charge in [-0.25, -0.2) is 9.59 Å². The molecule has 3 aromatic carbocycles. The molecule has 3 aromatic rings. The monoisotopic (exact) mass is 518 g/mol. The summed E-state index contributed by atoms with van der Waals surface area (Å²) < 4.78 is 5.07. The van der Waals surface area contributed by atoms with E-state index in [1.54, 1.807) is 36.4 Å². The van der Waals surface area contributed by atoms with Crippen LogP contribution in [0.15, 0.2) is 78.9 Å². The van der Waals surface area contributed by atoms with Crippen LogP contribution in [-0.2, 0) is 22.4 Å². The molecular formula is C29H30N2O7. The van der Waals surface area contributed by atoms with Crippen LogP contribution in [0.4, 0.5) is 0 Å². The Kier molecular flexibility index (Phi) is 10.4. The average Bonchev–Trinajstić information content (AvgIpc) is 2.92. The van der Waals surface area contributed by atoms with Gasteiger partial charge in [0.2, 0.25) is 5.91 Å². The number of carbonyl (C=O) groups is 4. The van der Waals surface area contributed by atoms with E-state index in [0.29, 0.717) is 17.7 Å². The van der Waals surface area contributed by atoms with Gasteiger partial charge in [0, 0.05) is 18.5 Å². The number of benzene rings is 3. The molecule has 0 spiro atoms. The van der Waals surface area contributed by atoms with Gasteiger partial charge in [0.25, 0.3) is 5.91 Å². The smallest absolute Gasteiger partial charge is 0.341 e. The minimum Gasteiger partial charge on any atom is -0.481 e. The number of rotatable bonds is 14. The van der Waals surface area contributed by atoms with Crippen LogP contribution in [0.3, 0.4) is 0 Å². The van der Waals surface area contributed by atoms with Crippen LogP contribution in [0.25, 0.3) is 0 Å². The lowest BCUT2D eigenvalue weighted by atomic mass is 10.0. The maximum atomic E-state index is 13.1. The van der Waals surface area contributed by atoms with Crippen LogP contribution in [0, 0.1) is 0 Å². The van der Waals surface area contributed by atoms with E-state index in [9.17, 15) is 24.3 Å². The van der Waals surface area contributed by atoms with Crippen molar-refractivity contribution in [3.63, 3.8) is 0 Å². The number of aryl methyl sites for hydroxylation is 1. The predicted octanol–water partition coefficient (Wildman–Crippen LogP) is 3.33. The predicted molar refractivity (Wildman–Crippen MR) is 140 cm³/mol. The Morgan fingerprint density at radius 1 is 0.816 bits per heavy atom. The lowest BCUT2D eigenvalue weighted by Gasteiger charge is -2.19. The number of carboxylic acid groups (broad SMARTS) is 2. The topological polar surface area (TPSA) is 142 Å². The van der Waals surface area contributed by atoms with Crippen molar-refractivity contribution in [2.45, 2.75) is 31.7 Å². The van der Waals surface area contributed by atoms with E-state index < -0.39 is 36.4 Å². The number of nitrogens with one attached hydrogen (secondary N) is 2. The molecule has 4 N–H and O–H groups in total. The number of unbranched alkanes of at least 4 members (excludes halogenated alkanes) is 1. The van der Waals surface area contributed by atoms with Gasteiger partial charge in [-0.3, -0.25) is 9.59 Å². The largest absolute Gasteiger partial charge is 0.481 e.